The summed E-state index contributed by atoms with van der Waals surface area (Å²) in [6.07, 6.45) is 0. The zero-order valence-electron chi connectivity index (χ0n) is 12.5. The molecule has 0 aliphatic carbocycles. The van der Waals surface area contributed by atoms with Crippen molar-refractivity contribution >= 4 is 11.9 Å². The number of nitrogens with zero attached hydrogens (tertiary/aromatic N) is 3. The van der Waals surface area contributed by atoms with Gasteiger partial charge in [0.05, 0.1) is 19.1 Å². The first-order chi connectivity index (χ1) is 9.12. The van der Waals surface area contributed by atoms with Crippen molar-refractivity contribution in [1.82, 2.24) is 0 Å². The van der Waals surface area contributed by atoms with Crippen molar-refractivity contribution in [3.63, 3.8) is 0 Å². The van der Waals surface area contributed by atoms with Gasteiger partial charge in [-0.15, -0.1) is 0 Å². The molecule has 0 amide bonds. The van der Waals surface area contributed by atoms with Gasteiger partial charge in [0.25, 0.3) is 0 Å². The number of carbonyl (C=O) groups is 2. The molecule has 2 aliphatic rings. The summed E-state index contributed by atoms with van der Waals surface area (Å²) in [6, 6.07) is -0.660. The molecule has 2 aliphatic heterocycles. The number of cyclic esters (lactones) is 2. The number of hydrogen-bond acceptors (Lipinski definition) is 5. The molecule has 0 N–H and O–H groups in total. The zero-order chi connectivity index (χ0) is 15.6. The zero-order valence-corrected chi connectivity index (χ0v) is 12.5. The lowest BCUT2D eigenvalue weighted by Gasteiger charge is -2.16. The van der Waals surface area contributed by atoms with Crippen LogP contribution in [0, 0.1) is 16.7 Å². The van der Waals surface area contributed by atoms with E-state index in [1.165, 1.54) is 0 Å². The van der Waals surface area contributed by atoms with Crippen LogP contribution in [0.3, 0.4) is 0 Å². The second-order valence-electron chi connectivity index (χ2n) is 6.52. The van der Waals surface area contributed by atoms with Crippen LogP contribution < -0.4 is 0 Å². The SMILES string of the molecule is CC1(C)COC(=O)C1N=[N+]=[N-].CC1C(=O)OCC1(C)C. The Labute approximate surface area is 118 Å². The molecule has 0 aromatic rings. The van der Waals surface area contributed by atoms with E-state index in [0.717, 1.165) is 0 Å². The number of rotatable bonds is 1. The van der Waals surface area contributed by atoms with Crippen molar-refractivity contribution in [2.45, 2.75) is 40.7 Å². The van der Waals surface area contributed by atoms with E-state index in [9.17, 15) is 9.59 Å². The first-order valence-corrected chi connectivity index (χ1v) is 6.49. The van der Waals surface area contributed by atoms with Gasteiger partial charge in [-0.3, -0.25) is 9.59 Å². The van der Waals surface area contributed by atoms with Crippen LogP contribution in [0.25, 0.3) is 10.4 Å². The Morgan fingerprint density at radius 1 is 1.10 bits per heavy atom. The van der Waals surface area contributed by atoms with E-state index in [0.29, 0.717) is 13.2 Å². The lowest BCUT2D eigenvalue weighted by molar-refractivity contribution is -0.141. The van der Waals surface area contributed by atoms with Gasteiger partial charge in [-0.2, -0.15) is 0 Å². The highest BCUT2D eigenvalue weighted by atomic mass is 16.5. The monoisotopic (exact) mass is 283 g/mol. The van der Waals surface area contributed by atoms with E-state index in [1.54, 1.807) is 0 Å². The summed E-state index contributed by atoms with van der Waals surface area (Å²) in [7, 11) is 0. The van der Waals surface area contributed by atoms with Gasteiger partial charge in [0.2, 0.25) is 0 Å². The number of hydrogen-bond donors (Lipinski definition) is 0. The molecule has 2 atom stereocenters. The second kappa shape index (κ2) is 5.71. The van der Waals surface area contributed by atoms with Gasteiger partial charge in [0.1, 0.15) is 6.04 Å². The fraction of sp³-hybridized carbons (Fsp3) is 0.846. The number of carbonyl (C=O) groups excluding carboxylic acids is 2. The van der Waals surface area contributed by atoms with Gasteiger partial charge in [0, 0.05) is 15.7 Å². The first-order valence-electron chi connectivity index (χ1n) is 6.49. The number of azide groups is 1. The molecule has 0 radical (unpaired) electrons. The van der Waals surface area contributed by atoms with Crippen molar-refractivity contribution in [3.8, 4) is 0 Å². The minimum Gasteiger partial charge on any atom is -0.465 e. The molecule has 0 aromatic heterocycles. The average molecular weight is 283 g/mol. The molecule has 7 nitrogen and oxygen atoms in total. The molecule has 112 valence electrons. The largest absolute Gasteiger partial charge is 0.465 e. The topological polar surface area (TPSA) is 101 Å². The Morgan fingerprint density at radius 2 is 1.60 bits per heavy atom. The summed E-state index contributed by atoms with van der Waals surface area (Å²) >= 11 is 0. The summed E-state index contributed by atoms with van der Waals surface area (Å²) in [5, 5.41) is 3.36. The lowest BCUT2D eigenvalue weighted by atomic mass is 9.83. The minimum absolute atomic E-state index is 0.0527. The molecule has 20 heavy (non-hydrogen) atoms. The molecule has 2 heterocycles. The summed E-state index contributed by atoms with van der Waals surface area (Å²) in [5.41, 5.74) is 7.82. The van der Waals surface area contributed by atoms with Gasteiger partial charge in [0.15, 0.2) is 0 Å². The van der Waals surface area contributed by atoms with E-state index in [4.69, 9.17) is 15.0 Å². The van der Waals surface area contributed by atoms with E-state index < -0.39 is 12.0 Å². The molecular weight excluding hydrogens is 262 g/mol. The normalized spacial score (nSPS) is 29.6. The molecule has 0 saturated carbocycles. The van der Waals surface area contributed by atoms with Gasteiger partial charge in [-0.25, -0.2) is 0 Å². The summed E-state index contributed by atoms with van der Waals surface area (Å²) < 4.78 is 9.57. The lowest BCUT2D eigenvalue weighted by Crippen LogP contribution is -2.27. The van der Waals surface area contributed by atoms with Crippen LogP contribution in [0.15, 0.2) is 5.11 Å². The molecular formula is C13H21N3O4. The van der Waals surface area contributed by atoms with Crippen LogP contribution in [0.5, 0.6) is 0 Å². The quantitative estimate of drug-likeness (QED) is 0.319. The molecule has 2 fully saturated rings. The maximum absolute atomic E-state index is 10.9. The van der Waals surface area contributed by atoms with Gasteiger partial charge in [-0.05, 0) is 5.53 Å². The van der Waals surface area contributed by atoms with Gasteiger partial charge in [-0.1, -0.05) is 39.7 Å². The van der Waals surface area contributed by atoms with E-state index in [-0.39, 0.29) is 22.7 Å². The molecule has 0 bridgehead atoms. The fourth-order valence-electron chi connectivity index (χ4n) is 1.82. The van der Waals surface area contributed by atoms with Gasteiger partial charge >= 0.3 is 11.9 Å². The van der Waals surface area contributed by atoms with Crippen molar-refractivity contribution < 1.29 is 19.1 Å². The van der Waals surface area contributed by atoms with Crippen molar-refractivity contribution in [1.29, 1.82) is 0 Å². The van der Waals surface area contributed by atoms with Crippen molar-refractivity contribution in [2.75, 3.05) is 13.2 Å². The molecule has 2 saturated heterocycles. The minimum atomic E-state index is -0.660. The third-order valence-corrected chi connectivity index (χ3v) is 3.83. The molecule has 7 heteroatoms. The Balaban J connectivity index is 0.000000204. The highest BCUT2D eigenvalue weighted by molar-refractivity contribution is 5.79. The predicted molar refractivity (Wildman–Crippen MR) is 71.6 cm³/mol. The van der Waals surface area contributed by atoms with Crippen LogP contribution >= 0.6 is 0 Å². The molecule has 2 unspecified atom stereocenters. The Bertz CT molecular complexity index is 453. The van der Waals surface area contributed by atoms with Crippen LogP contribution in [0.2, 0.25) is 0 Å². The van der Waals surface area contributed by atoms with Crippen LogP contribution in [-0.2, 0) is 19.1 Å². The van der Waals surface area contributed by atoms with Crippen LogP contribution in [-0.4, -0.2) is 31.2 Å². The molecule has 0 aromatic carbocycles. The number of esters is 2. The fourth-order valence-corrected chi connectivity index (χ4v) is 1.82. The third-order valence-electron chi connectivity index (χ3n) is 3.83. The van der Waals surface area contributed by atoms with Crippen LogP contribution in [0.4, 0.5) is 0 Å². The average Bonchev–Trinajstić information content (AvgIpc) is 2.75. The molecule has 2 rings (SSSR count). The van der Waals surface area contributed by atoms with E-state index >= 15 is 0 Å². The smallest absolute Gasteiger partial charge is 0.315 e. The number of ether oxygens (including phenoxy) is 2. The molecule has 0 spiro atoms. The Hall–Kier alpha value is -1.75. The van der Waals surface area contributed by atoms with Gasteiger partial charge < -0.3 is 9.47 Å². The summed E-state index contributed by atoms with van der Waals surface area (Å²) in [4.78, 5) is 24.2. The van der Waals surface area contributed by atoms with E-state index in [1.807, 2.05) is 34.6 Å². The Morgan fingerprint density at radius 3 is 1.85 bits per heavy atom. The van der Waals surface area contributed by atoms with E-state index in [2.05, 4.69) is 10.0 Å². The maximum Gasteiger partial charge on any atom is 0.315 e. The summed E-state index contributed by atoms with van der Waals surface area (Å²) in [5.74, 6) is -0.412. The predicted octanol–water partition coefficient (Wildman–Crippen LogP) is 2.45. The Kier molecular flexibility index (Phi) is 4.65. The highest BCUT2D eigenvalue weighted by Gasteiger charge is 2.42. The standard InChI is InChI=1S/C7H12O2.C6H9N3O2/c1-5-6(8)9-4-7(5,2)3;1-6(2)3-11-5(10)4(6)8-9-7/h5H,4H2,1-3H3;4H,3H2,1-2H3. The van der Waals surface area contributed by atoms with Crippen molar-refractivity contribution in [3.05, 3.63) is 10.4 Å². The highest BCUT2D eigenvalue weighted by Crippen LogP contribution is 2.33. The maximum atomic E-state index is 10.9. The van der Waals surface area contributed by atoms with Crippen molar-refractivity contribution in [2.24, 2.45) is 21.9 Å². The third kappa shape index (κ3) is 3.42. The second-order valence-corrected chi connectivity index (χ2v) is 6.52. The first kappa shape index (κ1) is 16.3. The summed E-state index contributed by atoms with van der Waals surface area (Å²) in [6.45, 7) is 10.6. The van der Waals surface area contributed by atoms with Crippen LogP contribution in [0.1, 0.15) is 34.6 Å².